The quantitative estimate of drug-likeness (QED) is 0.564. The number of fused-ring (bicyclic) bond motifs is 1. The summed E-state index contributed by atoms with van der Waals surface area (Å²) in [6.07, 6.45) is -3.73. The first-order valence-corrected chi connectivity index (χ1v) is 6.19. The van der Waals surface area contributed by atoms with E-state index in [4.69, 9.17) is 0 Å². The number of phenols is 1. The number of allylic oxidation sites excluding steroid dienone is 1. The van der Waals surface area contributed by atoms with Gasteiger partial charge in [0.2, 0.25) is 0 Å². The van der Waals surface area contributed by atoms with Crippen molar-refractivity contribution in [2.45, 2.75) is 11.1 Å². The van der Waals surface area contributed by atoms with E-state index in [0.717, 1.165) is 13.2 Å². The summed E-state index contributed by atoms with van der Waals surface area (Å²) in [5.41, 5.74) is 0.207. The summed E-state index contributed by atoms with van der Waals surface area (Å²) in [7, 11) is -1.35. The van der Waals surface area contributed by atoms with Gasteiger partial charge >= 0.3 is 11.5 Å². The summed E-state index contributed by atoms with van der Waals surface area (Å²) in [4.78, 5) is 10.6. The molecular formula is C11H9F3O3S. The second kappa shape index (κ2) is 4.24. The fraction of sp³-hybridized carbons (Fsp3) is 0.182. The Morgan fingerprint density at radius 3 is 2.61 bits per heavy atom. The van der Waals surface area contributed by atoms with Gasteiger partial charge in [0.15, 0.2) is 0 Å². The number of thiol groups is 1. The zero-order valence-electron chi connectivity index (χ0n) is 9.15. The number of halogens is 3. The van der Waals surface area contributed by atoms with E-state index in [2.05, 4.69) is 4.74 Å². The Hall–Kier alpha value is -1.63. The highest BCUT2D eigenvalue weighted by Crippen LogP contribution is 2.60. The number of rotatable bonds is 0. The van der Waals surface area contributed by atoms with Gasteiger partial charge in [0, 0.05) is 0 Å². The van der Waals surface area contributed by atoms with E-state index in [1.165, 1.54) is 18.2 Å². The van der Waals surface area contributed by atoms with Crippen molar-refractivity contribution in [2.75, 3.05) is 7.11 Å². The molecule has 1 aliphatic rings. The number of benzene rings is 1. The zero-order chi connectivity index (χ0) is 13.5. The predicted molar refractivity (Wildman–Crippen MR) is 61.8 cm³/mol. The van der Waals surface area contributed by atoms with Crippen molar-refractivity contribution < 1.29 is 27.8 Å². The number of carbonyl (C=O) groups is 1. The highest BCUT2D eigenvalue weighted by atomic mass is 32.2. The Morgan fingerprint density at radius 2 is 2.06 bits per heavy atom. The lowest BCUT2D eigenvalue weighted by molar-refractivity contribution is -0.0828. The van der Waals surface area contributed by atoms with Crippen LogP contribution in [-0.2, 0) is 4.74 Å². The summed E-state index contributed by atoms with van der Waals surface area (Å²) < 4.78 is 43.0. The van der Waals surface area contributed by atoms with Crippen molar-refractivity contribution in [1.82, 2.24) is 0 Å². The third-order valence-corrected chi connectivity index (χ3v) is 4.80. The smallest absolute Gasteiger partial charge is 0.421 e. The molecule has 0 spiro atoms. The standard InChI is InChI=1S/C11H9F3O3S/c1-17-10(16)18-8(11(12,13)14)5-6-3-2-4-7(15)9(6)18/h2-5,15,18H,1H3. The average molecular weight is 278 g/mol. The van der Waals surface area contributed by atoms with E-state index >= 15 is 0 Å². The number of phenolic OH excluding ortho intramolecular Hbond substituents is 1. The Morgan fingerprint density at radius 1 is 1.39 bits per heavy atom. The number of ether oxygens (including phenoxy) is 1. The lowest BCUT2D eigenvalue weighted by Crippen LogP contribution is -2.14. The Balaban J connectivity index is 2.60. The molecule has 1 heterocycles. The number of aromatic hydroxyl groups is 1. The minimum Gasteiger partial charge on any atom is -0.507 e. The summed E-state index contributed by atoms with van der Waals surface area (Å²) in [6, 6.07) is 4.10. The van der Waals surface area contributed by atoms with Gasteiger partial charge in [-0.15, -0.1) is 0 Å². The first-order chi connectivity index (χ1) is 8.36. The van der Waals surface area contributed by atoms with E-state index in [1.54, 1.807) is 0 Å². The van der Waals surface area contributed by atoms with Crippen LogP contribution in [0.1, 0.15) is 5.56 Å². The minimum atomic E-state index is -4.62. The molecule has 1 N–H and O–H groups in total. The number of methoxy groups -OCH3 is 1. The highest BCUT2D eigenvalue weighted by molar-refractivity contribution is 8.33. The Bertz CT molecular complexity index is 537. The van der Waals surface area contributed by atoms with Gasteiger partial charge in [-0.1, -0.05) is 23.0 Å². The van der Waals surface area contributed by atoms with Crippen molar-refractivity contribution in [3.63, 3.8) is 0 Å². The zero-order valence-corrected chi connectivity index (χ0v) is 10.0. The monoisotopic (exact) mass is 278 g/mol. The van der Waals surface area contributed by atoms with Gasteiger partial charge in [-0.05, 0) is 17.7 Å². The van der Waals surface area contributed by atoms with Crippen LogP contribution in [-0.4, -0.2) is 23.7 Å². The van der Waals surface area contributed by atoms with Crippen molar-refractivity contribution in [2.24, 2.45) is 0 Å². The van der Waals surface area contributed by atoms with Crippen molar-refractivity contribution in [3.05, 3.63) is 28.7 Å². The molecule has 7 heteroatoms. The summed E-state index contributed by atoms with van der Waals surface area (Å²) in [5.74, 6) is -0.320. The van der Waals surface area contributed by atoms with E-state index in [-0.39, 0.29) is 16.2 Å². The maximum Gasteiger partial charge on any atom is 0.421 e. The van der Waals surface area contributed by atoms with Crippen LogP contribution < -0.4 is 0 Å². The first kappa shape index (κ1) is 12.8. The molecule has 1 unspecified atom stereocenters. The molecule has 3 nitrogen and oxygen atoms in total. The summed E-state index contributed by atoms with van der Waals surface area (Å²) >= 11 is 0. The second-order valence-corrected chi connectivity index (χ2v) is 5.51. The number of carbonyl (C=O) groups excluding carboxylic acids is 1. The molecule has 0 saturated carbocycles. The highest BCUT2D eigenvalue weighted by Gasteiger charge is 2.45. The van der Waals surface area contributed by atoms with Gasteiger partial charge in [-0.3, -0.25) is 0 Å². The molecule has 1 aromatic carbocycles. The molecule has 0 saturated heterocycles. The topological polar surface area (TPSA) is 46.5 Å². The average Bonchev–Trinajstić information content (AvgIpc) is 2.68. The summed E-state index contributed by atoms with van der Waals surface area (Å²) in [6.45, 7) is 0. The molecular weight excluding hydrogens is 269 g/mol. The van der Waals surface area contributed by atoms with Crippen LogP contribution in [0.3, 0.4) is 0 Å². The minimum absolute atomic E-state index is 0.00618. The Labute approximate surface area is 103 Å². The molecule has 2 rings (SSSR count). The van der Waals surface area contributed by atoms with Gasteiger partial charge in [-0.2, -0.15) is 13.2 Å². The lowest BCUT2D eigenvalue weighted by Gasteiger charge is -2.20. The maximum atomic E-state index is 12.9. The van der Waals surface area contributed by atoms with E-state index in [0.29, 0.717) is 0 Å². The molecule has 0 aromatic heterocycles. The first-order valence-electron chi connectivity index (χ1n) is 4.85. The third-order valence-electron chi connectivity index (χ3n) is 2.45. The summed E-state index contributed by atoms with van der Waals surface area (Å²) in [5, 5.41) is 8.66. The van der Waals surface area contributed by atoms with Crippen LogP contribution >= 0.6 is 10.9 Å². The van der Waals surface area contributed by atoms with Crippen LogP contribution in [0.15, 0.2) is 28.0 Å². The third kappa shape index (κ3) is 1.94. The van der Waals surface area contributed by atoms with Crippen molar-refractivity contribution in [3.8, 4) is 5.75 Å². The number of hydrogen-bond acceptors (Lipinski definition) is 3. The van der Waals surface area contributed by atoms with Gasteiger partial charge in [0.25, 0.3) is 0 Å². The van der Waals surface area contributed by atoms with E-state index in [9.17, 15) is 23.1 Å². The Kier molecular flexibility index (Phi) is 3.02. The number of hydrogen-bond donors (Lipinski definition) is 2. The van der Waals surface area contributed by atoms with E-state index in [1.807, 2.05) is 0 Å². The lowest BCUT2D eigenvalue weighted by atomic mass is 10.2. The maximum absolute atomic E-state index is 12.9. The second-order valence-electron chi connectivity index (χ2n) is 3.55. The van der Waals surface area contributed by atoms with Crippen LogP contribution in [0.4, 0.5) is 18.0 Å². The normalized spacial score (nSPS) is 20.2. The van der Waals surface area contributed by atoms with Gasteiger partial charge in [0.1, 0.15) is 5.75 Å². The molecule has 98 valence electrons. The molecule has 1 aliphatic heterocycles. The largest absolute Gasteiger partial charge is 0.507 e. The molecule has 0 bridgehead atoms. The van der Waals surface area contributed by atoms with Gasteiger partial charge in [-0.25, -0.2) is 4.79 Å². The molecule has 0 aliphatic carbocycles. The van der Waals surface area contributed by atoms with Crippen LogP contribution in [0, 0.1) is 0 Å². The molecule has 1 aromatic rings. The van der Waals surface area contributed by atoms with E-state index < -0.39 is 27.3 Å². The van der Waals surface area contributed by atoms with Crippen LogP contribution in [0.2, 0.25) is 0 Å². The number of alkyl halides is 3. The van der Waals surface area contributed by atoms with Crippen LogP contribution in [0.5, 0.6) is 5.75 Å². The van der Waals surface area contributed by atoms with Crippen LogP contribution in [0.25, 0.3) is 6.08 Å². The molecule has 0 amide bonds. The van der Waals surface area contributed by atoms with Gasteiger partial charge in [0.05, 0.1) is 16.9 Å². The SMILES string of the molecule is COC(=O)[SH]1C(C(F)(F)F)=Cc2cccc(O)c21. The van der Waals surface area contributed by atoms with Crippen molar-refractivity contribution >= 4 is 22.3 Å². The molecule has 18 heavy (non-hydrogen) atoms. The van der Waals surface area contributed by atoms with Gasteiger partial charge < -0.3 is 9.84 Å². The molecule has 0 radical (unpaired) electrons. The molecule has 1 atom stereocenters. The fourth-order valence-electron chi connectivity index (χ4n) is 1.73. The molecule has 0 fully saturated rings. The predicted octanol–water partition coefficient (Wildman–Crippen LogP) is 3.44. The fourth-order valence-corrected chi connectivity index (χ4v) is 3.76. The van der Waals surface area contributed by atoms with Crippen molar-refractivity contribution in [1.29, 1.82) is 0 Å².